The molecule has 0 fully saturated rings. The summed E-state index contributed by atoms with van der Waals surface area (Å²) in [5.41, 5.74) is 0.737. The second-order valence-corrected chi connectivity index (χ2v) is 7.37. The number of ketones is 1. The Labute approximate surface area is 170 Å². The molecule has 7 heteroatoms. The van der Waals surface area contributed by atoms with Crippen molar-refractivity contribution in [3.63, 3.8) is 0 Å². The number of likely N-dealkylation sites (N-methyl/N-ethyl adjacent to an activating group) is 1. The second-order valence-electron chi connectivity index (χ2n) is 7.37. The number of nitrogens with one attached hydrogen (secondary N) is 1. The first-order valence-corrected chi connectivity index (χ1v) is 9.70. The number of amides is 1. The zero-order valence-electron chi connectivity index (χ0n) is 17.2. The highest BCUT2D eigenvalue weighted by Gasteiger charge is 2.44. The molecule has 1 aromatic heterocycles. The molecule has 1 aromatic carbocycles. The van der Waals surface area contributed by atoms with Gasteiger partial charge in [0.15, 0.2) is 11.5 Å². The van der Waals surface area contributed by atoms with E-state index in [0.717, 1.165) is 4.90 Å². The quantitative estimate of drug-likeness (QED) is 0.660. The molecule has 154 valence electrons. The van der Waals surface area contributed by atoms with E-state index in [1.807, 2.05) is 39.2 Å². The van der Waals surface area contributed by atoms with Gasteiger partial charge in [0, 0.05) is 0 Å². The summed E-state index contributed by atoms with van der Waals surface area (Å²) in [6.45, 7) is 5.18. The fraction of sp³-hybridized carbons (Fsp3) is 0.364. The van der Waals surface area contributed by atoms with Crippen molar-refractivity contribution in [1.29, 1.82) is 0 Å². The van der Waals surface area contributed by atoms with Gasteiger partial charge in [-0.15, -0.1) is 0 Å². The van der Waals surface area contributed by atoms with Gasteiger partial charge in [-0.3, -0.25) is 9.59 Å². The van der Waals surface area contributed by atoms with E-state index in [9.17, 15) is 14.7 Å². The molecule has 0 aliphatic carbocycles. The Balaban J connectivity index is 2.06. The zero-order chi connectivity index (χ0) is 21.1. The molecule has 29 heavy (non-hydrogen) atoms. The van der Waals surface area contributed by atoms with Crippen molar-refractivity contribution in [3.05, 3.63) is 64.8 Å². The smallest absolute Gasteiger partial charge is 0.290 e. The van der Waals surface area contributed by atoms with Crippen molar-refractivity contribution in [2.75, 3.05) is 33.8 Å². The van der Waals surface area contributed by atoms with Crippen LogP contribution < -0.4 is 9.64 Å². The SMILES string of the molecule is CCOc1cccc([C@@H]2C(C(=O)c3ccc(C)o3)=C(O)C(=O)N2CC[NH+](C)C)c1. The molecule has 3 rings (SSSR count). The molecule has 2 aromatic rings. The number of aliphatic hydroxyl groups excluding tert-OH is 1. The van der Waals surface area contributed by atoms with E-state index in [0.29, 0.717) is 36.8 Å². The summed E-state index contributed by atoms with van der Waals surface area (Å²) in [6, 6.07) is 9.79. The maximum atomic E-state index is 13.2. The Morgan fingerprint density at radius 2 is 2.03 bits per heavy atom. The highest BCUT2D eigenvalue weighted by molar-refractivity contribution is 6.15. The first-order valence-electron chi connectivity index (χ1n) is 9.70. The van der Waals surface area contributed by atoms with Gasteiger partial charge in [-0.05, 0) is 43.7 Å². The third kappa shape index (κ3) is 4.19. The van der Waals surface area contributed by atoms with Gasteiger partial charge < -0.3 is 24.1 Å². The summed E-state index contributed by atoms with van der Waals surface area (Å²) in [7, 11) is 3.96. The number of hydrogen-bond donors (Lipinski definition) is 2. The number of nitrogens with zero attached hydrogens (tertiary/aromatic N) is 1. The Kier molecular flexibility index (Phi) is 6.08. The number of aliphatic hydroxyl groups is 1. The van der Waals surface area contributed by atoms with Crippen LogP contribution in [0.5, 0.6) is 5.75 Å². The lowest BCUT2D eigenvalue weighted by atomic mass is 9.95. The predicted molar refractivity (Wildman–Crippen MR) is 107 cm³/mol. The topological polar surface area (TPSA) is 84.4 Å². The van der Waals surface area contributed by atoms with Crippen LogP contribution >= 0.6 is 0 Å². The molecule has 7 nitrogen and oxygen atoms in total. The third-order valence-electron chi connectivity index (χ3n) is 4.85. The fourth-order valence-electron chi connectivity index (χ4n) is 3.44. The first-order chi connectivity index (χ1) is 13.8. The van der Waals surface area contributed by atoms with Crippen LogP contribution in [0.2, 0.25) is 0 Å². The lowest BCUT2D eigenvalue weighted by Crippen LogP contribution is -3.06. The molecule has 0 unspecified atom stereocenters. The van der Waals surface area contributed by atoms with Gasteiger partial charge >= 0.3 is 0 Å². The minimum absolute atomic E-state index is 0.0340. The average molecular weight is 399 g/mol. The molecule has 0 saturated carbocycles. The van der Waals surface area contributed by atoms with Gasteiger partial charge in [0.05, 0.1) is 45.4 Å². The van der Waals surface area contributed by atoms with Crippen LogP contribution in [-0.4, -0.2) is 55.5 Å². The molecule has 0 spiro atoms. The third-order valence-corrected chi connectivity index (χ3v) is 4.85. The maximum absolute atomic E-state index is 13.2. The summed E-state index contributed by atoms with van der Waals surface area (Å²) in [6.07, 6.45) is 0. The van der Waals surface area contributed by atoms with E-state index < -0.39 is 23.5 Å². The number of furan rings is 1. The summed E-state index contributed by atoms with van der Waals surface area (Å²) >= 11 is 0. The number of rotatable bonds is 8. The maximum Gasteiger partial charge on any atom is 0.290 e. The summed E-state index contributed by atoms with van der Waals surface area (Å²) < 4.78 is 11.1. The van der Waals surface area contributed by atoms with E-state index in [1.54, 1.807) is 25.1 Å². The number of quaternary nitrogens is 1. The fourth-order valence-corrected chi connectivity index (χ4v) is 3.44. The molecule has 2 heterocycles. The molecule has 1 atom stereocenters. The Hall–Kier alpha value is -3.06. The standard InChI is InChI=1S/C22H26N2O5/c1-5-28-16-8-6-7-15(13-16)19-18(20(25)17-10-9-14(2)29-17)21(26)22(27)24(19)12-11-23(3)4/h6-10,13,19,26H,5,11-12H2,1-4H3/p+1/t19-/m1/s1. The van der Waals surface area contributed by atoms with Crippen LogP contribution in [0.15, 0.2) is 52.1 Å². The van der Waals surface area contributed by atoms with Crippen molar-refractivity contribution in [3.8, 4) is 5.75 Å². The lowest BCUT2D eigenvalue weighted by Gasteiger charge is -2.27. The van der Waals surface area contributed by atoms with Crippen molar-refractivity contribution >= 4 is 11.7 Å². The number of Topliss-reactive ketones (excluding diaryl/α,β-unsaturated/α-hetero) is 1. The highest BCUT2D eigenvalue weighted by Crippen LogP contribution is 2.39. The van der Waals surface area contributed by atoms with E-state index in [1.165, 1.54) is 4.90 Å². The largest absolute Gasteiger partial charge is 0.503 e. The molecule has 2 N–H and O–H groups in total. The summed E-state index contributed by atoms with van der Waals surface area (Å²) in [5, 5.41) is 10.6. The van der Waals surface area contributed by atoms with E-state index in [-0.39, 0.29) is 11.3 Å². The van der Waals surface area contributed by atoms with Crippen LogP contribution in [0.1, 0.15) is 34.8 Å². The van der Waals surface area contributed by atoms with Gasteiger partial charge in [0.2, 0.25) is 5.78 Å². The van der Waals surface area contributed by atoms with Crippen molar-refractivity contribution in [1.82, 2.24) is 4.90 Å². The highest BCUT2D eigenvalue weighted by atomic mass is 16.5. The van der Waals surface area contributed by atoms with Crippen LogP contribution in [-0.2, 0) is 4.79 Å². The normalized spacial score (nSPS) is 16.8. The number of hydrogen-bond acceptors (Lipinski definition) is 5. The van der Waals surface area contributed by atoms with Gasteiger partial charge in [-0.2, -0.15) is 0 Å². The van der Waals surface area contributed by atoms with Crippen LogP contribution in [0.25, 0.3) is 0 Å². The minimum atomic E-state index is -0.708. The van der Waals surface area contributed by atoms with Crippen LogP contribution in [0, 0.1) is 6.92 Å². The minimum Gasteiger partial charge on any atom is -0.503 e. The van der Waals surface area contributed by atoms with Gasteiger partial charge in [0.25, 0.3) is 5.91 Å². The number of carbonyl (C=O) groups excluding carboxylic acids is 2. The molecule has 0 bridgehead atoms. The Morgan fingerprint density at radius 1 is 1.28 bits per heavy atom. The van der Waals surface area contributed by atoms with Gasteiger partial charge in [-0.25, -0.2) is 0 Å². The molecule has 1 aliphatic rings. The van der Waals surface area contributed by atoms with E-state index >= 15 is 0 Å². The number of benzene rings is 1. The zero-order valence-corrected chi connectivity index (χ0v) is 17.2. The van der Waals surface area contributed by atoms with Crippen LogP contribution in [0.4, 0.5) is 0 Å². The molecular weight excluding hydrogens is 372 g/mol. The van der Waals surface area contributed by atoms with Gasteiger partial charge in [0.1, 0.15) is 11.5 Å². The number of ether oxygens (including phenoxy) is 1. The molecule has 0 radical (unpaired) electrons. The summed E-state index contributed by atoms with van der Waals surface area (Å²) in [5.74, 6) is -0.240. The molecule has 0 saturated heterocycles. The van der Waals surface area contributed by atoms with Crippen molar-refractivity contribution in [2.45, 2.75) is 19.9 Å². The Morgan fingerprint density at radius 3 is 2.66 bits per heavy atom. The second kappa shape index (κ2) is 8.53. The van der Waals surface area contributed by atoms with Crippen molar-refractivity contribution in [2.24, 2.45) is 0 Å². The average Bonchev–Trinajstić information content (AvgIpc) is 3.22. The molecule has 1 aliphatic heterocycles. The monoisotopic (exact) mass is 399 g/mol. The lowest BCUT2D eigenvalue weighted by molar-refractivity contribution is -0.857. The number of aryl methyl sites for hydroxylation is 1. The van der Waals surface area contributed by atoms with Crippen LogP contribution in [0.3, 0.4) is 0 Å². The molecule has 1 amide bonds. The summed E-state index contributed by atoms with van der Waals surface area (Å²) in [4.78, 5) is 28.7. The van der Waals surface area contributed by atoms with Crippen molar-refractivity contribution < 1.29 is 28.7 Å². The number of carbonyl (C=O) groups is 2. The first kappa shape index (κ1) is 20.7. The molecular formula is C22H27N2O5+. The Bertz CT molecular complexity index is 944. The van der Waals surface area contributed by atoms with E-state index in [4.69, 9.17) is 9.15 Å². The van der Waals surface area contributed by atoms with Gasteiger partial charge in [-0.1, -0.05) is 12.1 Å². The predicted octanol–water partition coefficient (Wildman–Crippen LogP) is 1.71. The van der Waals surface area contributed by atoms with E-state index in [2.05, 4.69) is 0 Å².